The third-order valence-corrected chi connectivity index (χ3v) is 2.21. The van der Waals surface area contributed by atoms with Gasteiger partial charge >= 0.3 is 5.97 Å². The smallest absolute Gasteiger partial charge is 0.303 e. The highest BCUT2D eigenvalue weighted by Gasteiger charge is 2.42. The van der Waals surface area contributed by atoms with Crippen LogP contribution >= 0.6 is 15.9 Å². The van der Waals surface area contributed by atoms with Crippen molar-refractivity contribution in [2.75, 3.05) is 0 Å². The Kier molecular flexibility index (Phi) is 2.46. The molecular weight excluding hydrogens is 230 g/mol. The molecule has 0 aromatic rings. The average Bonchev–Trinajstić information content (AvgIpc) is 2.16. The second-order valence-corrected chi connectivity index (χ2v) is 3.27. The van der Waals surface area contributed by atoms with Crippen molar-refractivity contribution in [3.05, 3.63) is 0 Å². The van der Waals surface area contributed by atoms with Crippen LogP contribution in [0, 0.1) is 0 Å². The van der Waals surface area contributed by atoms with Gasteiger partial charge < -0.3 is 4.74 Å². The van der Waals surface area contributed by atoms with Crippen molar-refractivity contribution in [1.29, 1.82) is 0 Å². The number of amides is 2. The number of nitrogens with one attached hydrogen (secondary N) is 1. The number of hydrogen-bond acceptors (Lipinski definition) is 4. The molecule has 1 fully saturated rings. The van der Waals surface area contributed by atoms with Crippen molar-refractivity contribution in [3.63, 3.8) is 0 Å². The summed E-state index contributed by atoms with van der Waals surface area (Å²) in [4.78, 5) is 31.4. The first-order chi connectivity index (χ1) is 5.52. The summed E-state index contributed by atoms with van der Waals surface area (Å²) in [5, 5.41) is 2.02. The molecule has 0 aliphatic carbocycles. The van der Waals surface area contributed by atoms with E-state index in [9.17, 15) is 14.4 Å². The summed E-state index contributed by atoms with van der Waals surface area (Å²) in [6, 6.07) is 0. The topological polar surface area (TPSA) is 72.5 Å². The number of carbonyl (C=O) groups excluding carboxylic acids is 3. The second-order valence-electron chi connectivity index (χ2n) is 2.29. The number of esters is 1. The van der Waals surface area contributed by atoms with Gasteiger partial charge in [0.25, 0.3) is 5.91 Å². The predicted octanol–water partition coefficient (Wildman–Crippen LogP) is -0.662. The molecule has 2 atom stereocenters. The van der Waals surface area contributed by atoms with Crippen LogP contribution in [0.2, 0.25) is 0 Å². The minimum absolute atomic E-state index is 0.480. The summed E-state index contributed by atoms with van der Waals surface area (Å²) in [5.74, 6) is -1.65. The second kappa shape index (κ2) is 3.22. The lowest BCUT2D eigenvalue weighted by Gasteiger charge is -2.08. The fourth-order valence-electron chi connectivity index (χ4n) is 0.824. The SMILES string of the molecule is CC(=O)O[C@H]1C(=O)NC(=O)[C@@H]1Br. The molecule has 0 spiro atoms. The van der Waals surface area contributed by atoms with Crippen molar-refractivity contribution in [2.45, 2.75) is 17.9 Å². The van der Waals surface area contributed by atoms with Crippen molar-refractivity contribution in [1.82, 2.24) is 5.32 Å². The van der Waals surface area contributed by atoms with Gasteiger partial charge in [0, 0.05) is 6.92 Å². The molecule has 1 heterocycles. The fourth-order valence-corrected chi connectivity index (χ4v) is 1.29. The van der Waals surface area contributed by atoms with E-state index >= 15 is 0 Å². The number of halogens is 1. The average molecular weight is 236 g/mol. The molecule has 1 aliphatic rings. The standard InChI is InChI=1S/C6H6BrNO4/c1-2(9)12-4-3(7)5(10)8-6(4)11/h3-4H,1H3,(H,8,10,11)/t3-,4-/m1/s1. The van der Waals surface area contributed by atoms with Crippen LogP contribution < -0.4 is 5.32 Å². The summed E-state index contributed by atoms with van der Waals surface area (Å²) in [6.45, 7) is 1.18. The molecule has 0 aromatic carbocycles. The van der Waals surface area contributed by atoms with E-state index in [0.717, 1.165) is 0 Å². The number of hydrogen-bond donors (Lipinski definition) is 1. The molecule has 1 rings (SSSR count). The van der Waals surface area contributed by atoms with Gasteiger partial charge in [-0.25, -0.2) is 0 Å². The summed E-state index contributed by atoms with van der Waals surface area (Å²) in [6.07, 6.45) is -1.03. The molecule has 5 nitrogen and oxygen atoms in total. The number of ether oxygens (including phenoxy) is 1. The normalized spacial score (nSPS) is 28.5. The van der Waals surface area contributed by atoms with E-state index in [4.69, 9.17) is 0 Å². The zero-order chi connectivity index (χ0) is 9.30. The maximum absolute atomic E-state index is 10.9. The maximum atomic E-state index is 10.9. The van der Waals surface area contributed by atoms with Crippen molar-refractivity contribution < 1.29 is 19.1 Å². The lowest BCUT2D eigenvalue weighted by Crippen LogP contribution is -2.30. The molecule has 66 valence electrons. The Balaban J connectivity index is 2.70. The highest BCUT2D eigenvalue weighted by molar-refractivity contribution is 9.10. The van der Waals surface area contributed by atoms with E-state index in [2.05, 4.69) is 20.7 Å². The Bertz CT molecular complexity index is 252. The Morgan fingerprint density at radius 3 is 2.42 bits per heavy atom. The Morgan fingerprint density at radius 1 is 1.50 bits per heavy atom. The summed E-state index contributed by atoms with van der Waals surface area (Å²) < 4.78 is 4.59. The molecule has 12 heavy (non-hydrogen) atoms. The molecule has 2 amide bonds. The van der Waals surface area contributed by atoms with Crippen molar-refractivity contribution in [3.8, 4) is 0 Å². The van der Waals surface area contributed by atoms with Gasteiger partial charge in [-0.3, -0.25) is 19.7 Å². The van der Waals surface area contributed by atoms with Gasteiger partial charge in [-0.1, -0.05) is 15.9 Å². The first kappa shape index (κ1) is 9.18. The predicted molar refractivity (Wildman–Crippen MR) is 41.4 cm³/mol. The van der Waals surface area contributed by atoms with Crippen LogP contribution in [0.4, 0.5) is 0 Å². The monoisotopic (exact) mass is 235 g/mol. The fraction of sp³-hybridized carbons (Fsp3) is 0.500. The van der Waals surface area contributed by atoms with Crippen LogP contribution in [-0.2, 0) is 19.1 Å². The van der Waals surface area contributed by atoms with Gasteiger partial charge in [-0.15, -0.1) is 0 Å². The minimum atomic E-state index is -1.03. The molecule has 1 aliphatic heterocycles. The molecule has 0 aromatic heterocycles. The molecular formula is C6H6BrNO4. The molecule has 0 unspecified atom stereocenters. The first-order valence-corrected chi connectivity index (χ1v) is 4.10. The van der Waals surface area contributed by atoms with Crippen LogP contribution in [-0.4, -0.2) is 28.7 Å². The van der Waals surface area contributed by atoms with Crippen LogP contribution in [0.1, 0.15) is 6.92 Å². The quantitative estimate of drug-likeness (QED) is 0.372. The Morgan fingerprint density at radius 2 is 2.08 bits per heavy atom. The summed E-state index contributed by atoms with van der Waals surface area (Å²) in [7, 11) is 0. The van der Waals surface area contributed by atoms with Crippen LogP contribution in [0.15, 0.2) is 0 Å². The van der Waals surface area contributed by atoms with Crippen LogP contribution in [0.3, 0.4) is 0 Å². The first-order valence-electron chi connectivity index (χ1n) is 3.18. The van der Waals surface area contributed by atoms with E-state index in [1.807, 2.05) is 5.32 Å². The minimum Gasteiger partial charge on any atom is -0.451 e. The third-order valence-electron chi connectivity index (χ3n) is 1.31. The Labute approximate surface area is 76.6 Å². The van der Waals surface area contributed by atoms with Gasteiger partial charge in [0.15, 0.2) is 0 Å². The molecule has 0 saturated carbocycles. The number of alkyl halides is 1. The summed E-state index contributed by atoms with van der Waals surface area (Å²) >= 11 is 2.93. The van der Waals surface area contributed by atoms with Gasteiger partial charge in [0.05, 0.1) is 0 Å². The number of carbonyl (C=O) groups is 3. The maximum Gasteiger partial charge on any atom is 0.303 e. The van der Waals surface area contributed by atoms with E-state index in [-0.39, 0.29) is 0 Å². The van der Waals surface area contributed by atoms with Gasteiger partial charge in [-0.05, 0) is 0 Å². The van der Waals surface area contributed by atoms with Crippen molar-refractivity contribution in [2.24, 2.45) is 0 Å². The van der Waals surface area contributed by atoms with E-state index in [0.29, 0.717) is 0 Å². The highest BCUT2D eigenvalue weighted by atomic mass is 79.9. The lowest BCUT2D eigenvalue weighted by molar-refractivity contribution is -0.151. The van der Waals surface area contributed by atoms with Gasteiger partial charge in [0.2, 0.25) is 12.0 Å². The van der Waals surface area contributed by atoms with Gasteiger partial charge in [-0.2, -0.15) is 0 Å². The Hall–Kier alpha value is -0.910. The van der Waals surface area contributed by atoms with E-state index in [1.54, 1.807) is 0 Å². The van der Waals surface area contributed by atoms with E-state index in [1.165, 1.54) is 6.92 Å². The zero-order valence-electron chi connectivity index (χ0n) is 6.17. The largest absolute Gasteiger partial charge is 0.451 e. The lowest BCUT2D eigenvalue weighted by atomic mass is 10.3. The number of rotatable bonds is 1. The van der Waals surface area contributed by atoms with Crippen LogP contribution in [0.5, 0.6) is 0 Å². The molecule has 0 bridgehead atoms. The van der Waals surface area contributed by atoms with Crippen LogP contribution in [0.25, 0.3) is 0 Å². The summed E-state index contributed by atoms with van der Waals surface area (Å²) in [5.41, 5.74) is 0. The third kappa shape index (κ3) is 1.63. The highest BCUT2D eigenvalue weighted by Crippen LogP contribution is 2.15. The number of imide groups is 1. The molecule has 1 N–H and O–H groups in total. The van der Waals surface area contributed by atoms with E-state index < -0.39 is 28.7 Å². The van der Waals surface area contributed by atoms with Gasteiger partial charge in [0.1, 0.15) is 4.83 Å². The zero-order valence-corrected chi connectivity index (χ0v) is 7.75. The molecule has 0 radical (unpaired) electrons. The van der Waals surface area contributed by atoms with Crippen molar-refractivity contribution >= 4 is 33.7 Å². The molecule has 1 saturated heterocycles. The molecule has 6 heteroatoms.